The van der Waals surface area contributed by atoms with Crippen LogP contribution in [0.4, 0.5) is 4.39 Å². The molecule has 25 heavy (non-hydrogen) atoms. The molecule has 0 saturated heterocycles. The van der Waals surface area contributed by atoms with Crippen molar-refractivity contribution in [2.24, 2.45) is 0 Å². The lowest BCUT2D eigenvalue weighted by Gasteiger charge is -2.05. The summed E-state index contributed by atoms with van der Waals surface area (Å²) >= 11 is 0. The average molecular weight is 341 g/mol. The van der Waals surface area contributed by atoms with E-state index in [1.807, 2.05) is 30.3 Å². The summed E-state index contributed by atoms with van der Waals surface area (Å²) in [5.74, 6) is 0.341. The highest BCUT2D eigenvalue weighted by Gasteiger charge is 2.13. The van der Waals surface area contributed by atoms with Crippen LogP contribution in [0.2, 0.25) is 0 Å². The number of hydrogen-bond donors (Lipinski definition) is 1. The van der Waals surface area contributed by atoms with Crippen LogP contribution in [0.1, 0.15) is 12.3 Å². The van der Waals surface area contributed by atoms with Gasteiger partial charge < -0.3 is 14.5 Å². The summed E-state index contributed by atoms with van der Waals surface area (Å²) in [6, 6.07) is 15.4. The summed E-state index contributed by atoms with van der Waals surface area (Å²) in [7, 11) is 0. The van der Waals surface area contributed by atoms with Crippen molar-refractivity contribution in [2.75, 3.05) is 6.61 Å². The Balaban J connectivity index is 1.46. The quantitative estimate of drug-likeness (QED) is 0.715. The van der Waals surface area contributed by atoms with Crippen LogP contribution in [-0.4, -0.2) is 22.7 Å². The van der Waals surface area contributed by atoms with Crippen LogP contribution >= 0.6 is 0 Å². The van der Waals surface area contributed by atoms with Gasteiger partial charge in [-0.3, -0.25) is 4.79 Å². The molecule has 0 atom stereocenters. The van der Waals surface area contributed by atoms with E-state index >= 15 is 0 Å². The van der Waals surface area contributed by atoms with Gasteiger partial charge in [-0.05, 0) is 24.3 Å². The number of nitrogens with zero attached hydrogens (tertiary/aromatic N) is 2. The molecule has 0 spiro atoms. The number of para-hydroxylation sites is 1. The third-order valence-corrected chi connectivity index (χ3v) is 3.35. The first-order valence-electron chi connectivity index (χ1n) is 7.74. The van der Waals surface area contributed by atoms with E-state index in [9.17, 15) is 9.18 Å². The first kappa shape index (κ1) is 16.6. The van der Waals surface area contributed by atoms with Crippen LogP contribution < -0.4 is 10.1 Å². The number of amides is 1. The van der Waals surface area contributed by atoms with E-state index in [2.05, 4.69) is 15.5 Å². The van der Waals surface area contributed by atoms with Gasteiger partial charge in [0.15, 0.2) is 0 Å². The van der Waals surface area contributed by atoms with Gasteiger partial charge in [0.1, 0.15) is 11.6 Å². The Hall–Kier alpha value is -3.22. The molecule has 128 valence electrons. The standard InChI is InChI=1S/C18H16FN3O3/c19-15-9-5-4-8-14(15)18-22-21-17(25-18)12-20-16(23)10-11-24-13-6-2-1-3-7-13/h1-9H,10-12H2,(H,20,23). The van der Waals surface area contributed by atoms with E-state index in [4.69, 9.17) is 9.15 Å². The number of ether oxygens (including phenoxy) is 1. The lowest BCUT2D eigenvalue weighted by Crippen LogP contribution is -2.24. The molecule has 0 aliphatic heterocycles. The van der Waals surface area contributed by atoms with Crippen LogP contribution in [0.15, 0.2) is 59.0 Å². The van der Waals surface area contributed by atoms with E-state index in [-0.39, 0.29) is 42.8 Å². The Labute approximate surface area is 143 Å². The third kappa shape index (κ3) is 4.63. The van der Waals surface area contributed by atoms with Crippen molar-refractivity contribution in [3.05, 3.63) is 66.3 Å². The van der Waals surface area contributed by atoms with Crippen molar-refractivity contribution in [1.29, 1.82) is 0 Å². The normalized spacial score (nSPS) is 10.4. The number of rotatable bonds is 7. The maximum Gasteiger partial charge on any atom is 0.250 e. The molecular weight excluding hydrogens is 325 g/mol. The highest BCUT2D eigenvalue weighted by molar-refractivity contribution is 5.75. The molecule has 3 rings (SSSR count). The molecule has 0 unspecified atom stereocenters. The van der Waals surface area contributed by atoms with E-state index in [1.165, 1.54) is 6.07 Å². The van der Waals surface area contributed by atoms with Crippen LogP contribution in [0.25, 0.3) is 11.5 Å². The molecule has 0 aliphatic rings. The lowest BCUT2D eigenvalue weighted by atomic mass is 10.2. The average Bonchev–Trinajstić information content (AvgIpc) is 3.10. The zero-order valence-corrected chi connectivity index (χ0v) is 13.3. The predicted molar refractivity (Wildman–Crippen MR) is 88.1 cm³/mol. The number of carbonyl (C=O) groups excluding carboxylic acids is 1. The van der Waals surface area contributed by atoms with Gasteiger partial charge in [-0.1, -0.05) is 30.3 Å². The summed E-state index contributed by atoms with van der Waals surface area (Å²) in [4.78, 5) is 11.8. The summed E-state index contributed by atoms with van der Waals surface area (Å²) in [6.45, 7) is 0.339. The van der Waals surface area contributed by atoms with Crippen molar-refractivity contribution >= 4 is 5.91 Å². The highest BCUT2D eigenvalue weighted by atomic mass is 19.1. The lowest BCUT2D eigenvalue weighted by molar-refractivity contribution is -0.121. The van der Waals surface area contributed by atoms with E-state index < -0.39 is 5.82 Å². The summed E-state index contributed by atoms with van der Waals surface area (Å²) in [6.07, 6.45) is 0.198. The molecule has 0 bridgehead atoms. The van der Waals surface area contributed by atoms with Gasteiger partial charge >= 0.3 is 0 Å². The van der Waals surface area contributed by atoms with Gasteiger partial charge in [-0.2, -0.15) is 0 Å². The Bertz CT molecular complexity index is 836. The minimum absolute atomic E-state index is 0.0750. The van der Waals surface area contributed by atoms with Crippen LogP contribution in [0.3, 0.4) is 0 Å². The Morgan fingerprint density at radius 2 is 1.84 bits per heavy atom. The first-order valence-corrected chi connectivity index (χ1v) is 7.74. The molecule has 2 aromatic carbocycles. The molecule has 1 heterocycles. The zero-order valence-electron chi connectivity index (χ0n) is 13.3. The number of carbonyl (C=O) groups is 1. The smallest absolute Gasteiger partial charge is 0.250 e. The van der Waals surface area contributed by atoms with E-state index in [1.54, 1.807) is 18.2 Å². The Kier molecular flexibility index (Phi) is 5.36. The number of nitrogens with one attached hydrogen (secondary N) is 1. The molecule has 0 aliphatic carbocycles. The first-order chi connectivity index (χ1) is 12.2. The van der Waals surface area contributed by atoms with Crippen molar-refractivity contribution < 1.29 is 18.3 Å². The molecule has 6 nitrogen and oxygen atoms in total. The second-order valence-corrected chi connectivity index (χ2v) is 5.17. The summed E-state index contributed by atoms with van der Waals surface area (Å²) in [5.41, 5.74) is 0.226. The molecule has 1 N–H and O–H groups in total. The van der Waals surface area contributed by atoms with Crippen molar-refractivity contribution in [3.8, 4) is 17.2 Å². The van der Waals surface area contributed by atoms with Crippen LogP contribution in [-0.2, 0) is 11.3 Å². The Morgan fingerprint density at radius 1 is 1.08 bits per heavy atom. The number of halogens is 1. The number of benzene rings is 2. The summed E-state index contributed by atoms with van der Waals surface area (Å²) in [5, 5.41) is 10.3. The molecule has 3 aromatic rings. The minimum atomic E-state index is -0.445. The monoisotopic (exact) mass is 341 g/mol. The molecule has 7 heteroatoms. The molecular formula is C18H16FN3O3. The fraction of sp³-hybridized carbons (Fsp3) is 0.167. The van der Waals surface area contributed by atoms with Gasteiger partial charge in [-0.15, -0.1) is 10.2 Å². The largest absolute Gasteiger partial charge is 0.493 e. The maximum atomic E-state index is 13.7. The van der Waals surface area contributed by atoms with Crippen molar-refractivity contribution in [1.82, 2.24) is 15.5 Å². The topological polar surface area (TPSA) is 77.2 Å². The third-order valence-electron chi connectivity index (χ3n) is 3.35. The maximum absolute atomic E-state index is 13.7. The molecule has 0 saturated carbocycles. The minimum Gasteiger partial charge on any atom is -0.493 e. The molecule has 1 aromatic heterocycles. The fourth-order valence-electron chi connectivity index (χ4n) is 2.11. The molecule has 0 radical (unpaired) electrons. The second kappa shape index (κ2) is 8.05. The van der Waals surface area contributed by atoms with Crippen molar-refractivity contribution in [3.63, 3.8) is 0 Å². The van der Waals surface area contributed by atoms with Gasteiger partial charge in [0.05, 0.1) is 25.1 Å². The van der Waals surface area contributed by atoms with Gasteiger partial charge in [0.25, 0.3) is 5.89 Å². The van der Waals surface area contributed by atoms with Crippen LogP contribution in [0, 0.1) is 5.82 Å². The predicted octanol–water partition coefficient (Wildman–Crippen LogP) is 2.96. The zero-order chi connectivity index (χ0) is 17.5. The molecule has 1 amide bonds. The van der Waals surface area contributed by atoms with Crippen molar-refractivity contribution in [2.45, 2.75) is 13.0 Å². The summed E-state index contributed by atoms with van der Waals surface area (Å²) < 4.78 is 24.5. The number of aromatic nitrogens is 2. The fourth-order valence-corrected chi connectivity index (χ4v) is 2.11. The van der Waals surface area contributed by atoms with E-state index in [0.29, 0.717) is 5.75 Å². The van der Waals surface area contributed by atoms with E-state index in [0.717, 1.165) is 0 Å². The van der Waals surface area contributed by atoms with Crippen LogP contribution in [0.5, 0.6) is 5.75 Å². The number of hydrogen-bond acceptors (Lipinski definition) is 5. The molecule has 0 fully saturated rings. The van der Waals surface area contributed by atoms with Gasteiger partial charge in [0.2, 0.25) is 11.8 Å². The second-order valence-electron chi connectivity index (χ2n) is 5.17. The Morgan fingerprint density at radius 3 is 2.64 bits per heavy atom. The van der Waals surface area contributed by atoms with Gasteiger partial charge in [-0.25, -0.2) is 4.39 Å². The SMILES string of the molecule is O=C(CCOc1ccccc1)NCc1nnc(-c2ccccc2F)o1. The van der Waals surface area contributed by atoms with Gasteiger partial charge in [0, 0.05) is 0 Å². The highest BCUT2D eigenvalue weighted by Crippen LogP contribution is 2.20.